The molecule has 2 fully saturated rings. The minimum absolute atomic E-state index is 0.0204. The lowest BCUT2D eigenvalue weighted by molar-refractivity contribution is -0.255. The normalized spacial score (nSPS) is 31.6. The van der Waals surface area contributed by atoms with E-state index in [9.17, 15) is 19.5 Å². The minimum Gasteiger partial charge on any atom is -0.545 e. The number of carbonyl (C=O) groups excluding carboxylic acids is 3. The van der Waals surface area contributed by atoms with Gasteiger partial charge in [0.15, 0.2) is 0 Å². The van der Waals surface area contributed by atoms with Crippen LogP contribution in [0, 0.1) is 23.7 Å². The summed E-state index contributed by atoms with van der Waals surface area (Å²) in [6.45, 7) is 0. The van der Waals surface area contributed by atoms with Gasteiger partial charge in [-0.15, -0.1) is 0 Å². The lowest BCUT2D eigenvalue weighted by Gasteiger charge is -2.38. The van der Waals surface area contributed by atoms with Crippen LogP contribution in [0.1, 0.15) is 23.2 Å². The number of carboxylic acid groups (broad SMARTS) is 1. The molecule has 0 spiro atoms. The molecule has 2 bridgehead atoms. The summed E-state index contributed by atoms with van der Waals surface area (Å²) in [5, 5.41) is 11.1. The van der Waals surface area contributed by atoms with Gasteiger partial charge in [-0.05, 0) is 42.9 Å². The number of hydrogen-bond acceptors (Lipinski definition) is 4. The Bertz CT molecular complexity index is 740. The summed E-state index contributed by atoms with van der Waals surface area (Å²) in [5.41, 5.74) is 0.0261. The highest BCUT2D eigenvalue weighted by molar-refractivity contribution is 6.33. The van der Waals surface area contributed by atoms with E-state index in [0.717, 1.165) is 17.7 Å². The molecule has 6 heteroatoms. The molecular formula is C17H13ClNO4-. The van der Waals surface area contributed by atoms with Crippen LogP contribution in [0.25, 0.3) is 0 Å². The molecule has 0 aromatic heterocycles. The van der Waals surface area contributed by atoms with Crippen molar-refractivity contribution in [2.24, 2.45) is 23.7 Å². The molecule has 1 heterocycles. The van der Waals surface area contributed by atoms with Crippen LogP contribution in [0.2, 0.25) is 5.02 Å². The Morgan fingerprint density at radius 1 is 1.09 bits per heavy atom. The Kier molecular flexibility index (Phi) is 3.10. The van der Waals surface area contributed by atoms with E-state index in [1.807, 2.05) is 12.2 Å². The predicted molar refractivity (Wildman–Crippen MR) is 80.6 cm³/mol. The van der Waals surface area contributed by atoms with Crippen molar-refractivity contribution in [1.29, 1.82) is 0 Å². The molecular weight excluding hydrogens is 318 g/mol. The van der Waals surface area contributed by atoms with E-state index in [0.29, 0.717) is 0 Å². The van der Waals surface area contributed by atoms with Gasteiger partial charge in [-0.25, -0.2) is 4.90 Å². The second kappa shape index (κ2) is 4.93. The third kappa shape index (κ3) is 1.96. The van der Waals surface area contributed by atoms with Crippen molar-refractivity contribution in [2.75, 3.05) is 4.90 Å². The number of halogens is 1. The van der Waals surface area contributed by atoms with Crippen LogP contribution in [-0.2, 0) is 9.59 Å². The van der Waals surface area contributed by atoms with Gasteiger partial charge in [0.25, 0.3) is 0 Å². The van der Waals surface area contributed by atoms with E-state index >= 15 is 0 Å². The predicted octanol–water partition coefficient (Wildman–Crippen LogP) is 1.41. The summed E-state index contributed by atoms with van der Waals surface area (Å²) in [7, 11) is 0. The summed E-state index contributed by atoms with van der Waals surface area (Å²) >= 11 is 5.83. The molecule has 4 aliphatic rings. The van der Waals surface area contributed by atoms with Crippen molar-refractivity contribution in [2.45, 2.75) is 12.8 Å². The highest BCUT2D eigenvalue weighted by atomic mass is 35.5. The van der Waals surface area contributed by atoms with Gasteiger partial charge in [0, 0.05) is 10.6 Å². The molecule has 0 N–H and O–H groups in total. The molecule has 1 aromatic rings. The third-order valence-corrected chi connectivity index (χ3v) is 5.52. The lowest BCUT2D eigenvalue weighted by atomic mass is 9.63. The fourth-order valence-electron chi connectivity index (χ4n) is 4.14. The number of rotatable bonds is 2. The van der Waals surface area contributed by atoms with E-state index in [2.05, 4.69) is 0 Å². The van der Waals surface area contributed by atoms with Crippen LogP contribution in [0.15, 0.2) is 30.4 Å². The molecule has 1 aromatic carbocycles. The van der Waals surface area contributed by atoms with Gasteiger partial charge in [-0.1, -0.05) is 23.8 Å². The molecule has 5 rings (SSSR count). The minimum atomic E-state index is -1.44. The maximum Gasteiger partial charge on any atom is 0.238 e. The zero-order chi connectivity index (χ0) is 16.3. The first-order valence-corrected chi connectivity index (χ1v) is 7.94. The van der Waals surface area contributed by atoms with Gasteiger partial charge < -0.3 is 9.90 Å². The van der Waals surface area contributed by atoms with Crippen LogP contribution in [0.3, 0.4) is 0 Å². The van der Waals surface area contributed by atoms with E-state index in [4.69, 9.17) is 11.6 Å². The number of amides is 2. The first-order chi connectivity index (χ1) is 11.0. The highest BCUT2D eigenvalue weighted by Crippen LogP contribution is 2.50. The fourth-order valence-corrected chi connectivity index (χ4v) is 4.33. The number of carboxylic acids is 1. The molecule has 2 amide bonds. The summed E-state index contributed by atoms with van der Waals surface area (Å²) in [6, 6.07) is 4.11. The zero-order valence-corrected chi connectivity index (χ0v) is 12.8. The molecule has 0 radical (unpaired) electrons. The molecule has 118 valence electrons. The topological polar surface area (TPSA) is 77.5 Å². The average Bonchev–Trinajstić information content (AvgIpc) is 2.83. The fraction of sp³-hybridized carbons (Fsp3) is 0.353. The number of nitrogens with zero attached hydrogens (tertiary/aromatic N) is 1. The van der Waals surface area contributed by atoms with Crippen molar-refractivity contribution >= 4 is 35.1 Å². The van der Waals surface area contributed by atoms with Crippen LogP contribution in [-0.4, -0.2) is 17.8 Å². The van der Waals surface area contributed by atoms with Gasteiger partial charge in [0.05, 0.1) is 23.5 Å². The van der Waals surface area contributed by atoms with Crippen LogP contribution >= 0.6 is 11.6 Å². The average molecular weight is 331 g/mol. The van der Waals surface area contributed by atoms with Crippen LogP contribution in [0.5, 0.6) is 0 Å². The number of imide groups is 1. The third-order valence-electron chi connectivity index (χ3n) is 5.19. The number of aromatic carboxylic acids is 1. The Balaban J connectivity index is 1.76. The van der Waals surface area contributed by atoms with Crippen LogP contribution in [0.4, 0.5) is 5.69 Å². The summed E-state index contributed by atoms with van der Waals surface area (Å²) in [6.07, 6.45) is 5.91. The van der Waals surface area contributed by atoms with Gasteiger partial charge >= 0.3 is 0 Å². The highest BCUT2D eigenvalue weighted by Gasteiger charge is 2.56. The van der Waals surface area contributed by atoms with E-state index in [1.165, 1.54) is 18.2 Å². The summed E-state index contributed by atoms with van der Waals surface area (Å²) in [4.78, 5) is 37.8. The quantitative estimate of drug-likeness (QED) is 0.606. The maximum absolute atomic E-state index is 12.8. The number of carbonyl (C=O) groups is 3. The smallest absolute Gasteiger partial charge is 0.238 e. The lowest BCUT2D eigenvalue weighted by Crippen LogP contribution is -2.38. The first kappa shape index (κ1) is 14.5. The molecule has 5 nitrogen and oxygen atoms in total. The zero-order valence-electron chi connectivity index (χ0n) is 12.1. The summed E-state index contributed by atoms with van der Waals surface area (Å²) in [5.74, 6) is -2.38. The van der Waals surface area contributed by atoms with Crippen molar-refractivity contribution in [3.63, 3.8) is 0 Å². The number of fused-ring (bicyclic) bond motifs is 1. The van der Waals surface area contributed by atoms with Crippen molar-refractivity contribution < 1.29 is 19.5 Å². The monoisotopic (exact) mass is 330 g/mol. The van der Waals surface area contributed by atoms with E-state index in [1.54, 1.807) is 0 Å². The number of benzene rings is 1. The standard InChI is InChI=1S/C17H14ClNO4/c18-12-6-5-10(7-11(12)17(22)23)19-15(20)13-8-1-2-9(4-3-8)14(13)16(19)21/h1-2,5-9,13-14H,3-4H2,(H,22,23)/p-1/t8-,9-,13+,14+/m1/s1. The second-order valence-electron chi connectivity index (χ2n) is 6.31. The van der Waals surface area contributed by atoms with E-state index < -0.39 is 5.97 Å². The number of hydrogen-bond donors (Lipinski definition) is 0. The molecule has 1 saturated carbocycles. The maximum atomic E-state index is 12.8. The molecule has 0 unspecified atom stereocenters. The Morgan fingerprint density at radius 2 is 1.65 bits per heavy atom. The largest absolute Gasteiger partial charge is 0.545 e. The van der Waals surface area contributed by atoms with Gasteiger partial charge in [0.2, 0.25) is 11.8 Å². The van der Waals surface area contributed by atoms with Crippen molar-refractivity contribution in [3.05, 3.63) is 40.9 Å². The molecule has 1 saturated heterocycles. The molecule has 23 heavy (non-hydrogen) atoms. The van der Waals surface area contributed by atoms with E-state index in [-0.39, 0.29) is 51.8 Å². The van der Waals surface area contributed by atoms with Crippen LogP contribution < -0.4 is 10.0 Å². The van der Waals surface area contributed by atoms with Crippen molar-refractivity contribution in [1.82, 2.24) is 0 Å². The summed E-state index contributed by atoms with van der Waals surface area (Å²) < 4.78 is 0. The molecule has 4 atom stereocenters. The Labute approximate surface area is 137 Å². The van der Waals surface area contributed by atoms with Crippen molar-refractivity contribution in [3.8, 4) is 0 Å². The first-order valence-electron chi connectivity index (χ1n) is 7.56. The van der Waals surface area contributed by atoms with Gasteiger partial charge in [-0.3, -0.25) is 9.59 Å². The molecule has 1 aliphatic heterocycles. The SMILES string of the molecule is O=C([O-])c1cc(N2C(=O)[C@@H]3[C@@H](C2=O)[C@@H]2C=C[C@@H]3CC2)ccc1Cl. The van der Waals surface area contributed by atoms with Gasteiger partial charge in [0.1, 0.15) is 0 Å². The Hall–Kier alpha value is -2.14. The number of allylic oxidation sites excluding steroid dienone is 2. The molecule has 3 aliphatic carbocycles. The Morgan fingerprint density at radius 3 is 2.13 bits per heavy atom. The number of anilines is 1. The van der Waals surface area contributed by atoms with Gasteiger partial charge in [-0.2, -0.15) is 0 Å². The second-order valence-corrected chi connectivity index (χ2v) is 6.71.